The highest BCUT2D eigenvalue weighted by Crippen LogP contribution is 2.22. The largest absolute Gasteiger partial charge is 0.469 e. The maximum absolute atomic E-state index is 13.3. The molecule has 0 saturated carbocycles. The molecule has 0 unspecified atom stereocenters. The number of hydrogen-bond donors (Lipinski definition) is 8. The predicted octanol–water partition coefficient (Wildman–Crippen LogP) is -1.67. The van der Waals surface area contributed by atoms with Gasteiger partial charge in [-0.15, -0.1) is 0 Å². The third-order valence-corrected chi connectivity index (χ3v) is 5.40. The number of carbonyl (C=O) groups excluding carboxylic acids is 4. The Hall–Kier alpha value is -4.69. The van der Waals surface area contributed by atoms with E-state index < -0.39 is 42.0 Å². The molecule has 0 fully saturated rings. The lowest BCUT2D eigenvalue weighted by Crippen LogP contribution is -2.61. The smallest absolute Gasteiger partial charge is 0.405 e. The van der Waals surface area contributed by atoms with Crippen LogP contribution in [0.4, 0.5) is 4.79 Å². The van der Waals surface area contributed by atoms with Crippen molar-refractivity contribution in [2.24, 2.45) is 22.2 Å². The van der Waals surface area contributed by atoms with Gasteiger partial charge in [-0.25, -0.2) is 4.79 Å². The average Bonchev–Trinajstić information content (AvgIpc) is 2.86. The Morgan fingerprint density at radius 2 is 1.95 bits per heavy atom. The van der Waals surface area contributed by atoms with Crippen molar-refractivity contribution >= 4 is 42.0 Å². The van der Waals surface area contributed by atoms with Crippen LogP contribution < -0.4 is 33.2 Å². The fraction of sp³-hybridized carbons (Fsp3) is 0.435. The van der Waals surface area contributed by atoms with Crippen molar-refractivity contribution in [2.45, 2.75) is 43.7 Å². The second kappa shape index (κ2) is 15.4. The number of ether oxygens (including phenoxy) is 1. The van der Waals surface area contributed by atoms with E-state index in [0.29, 0.717) is 23.8 Å². The molecule has 11 N–H and O–H groups in total. The Balaban J connectivity index is 3.07. The molecule has 208 valence electrons. The summed E-state index contributed by atoms with van der Waals surface area (Å²) in [4.78, 5) is 64.3. The van der Waals surface area contributed by atoms with Crippen LogP contribution in [0.1, 0.15) is 36.8 Å². The molecule has 0 spiro atoms. The zero-order chi connectivity index (χ0) is 28.7. The Labute approximate surface area is 219 Å². The first-order valence-corrected chi connectivity index (χ1v) is 11.5. The van der Waals surface area contributed by atoms with Crippen LogP contribution in [-0.4, -0.2) is 78.8 Å². The topological polar surface area (TPSA) is 265 Å². The number of aliphatic imine (C=N–C) groups is 1. The maximum atomic E-state index is 13.3. The van der Waals surface area contributed by atoms with Crippen molar-refractivity contribution < 1.29 is 33.8 Å². The Morgan fingerprint density at radius 1 is 1.24 bits per heavy atom. The summed E-state index contributed by atoms with van der Waals surface area (Å²) in [5.74, 6) is -2.60. The number of nitrogen functional groups attached to an aromatic ring is 1. The number of amides is 3. The zero-order valence-corrected chi connectivity index (χ0v) is 21.0. The molecule has 3 amide bonds. The van der Waals surface area contributed by atoms with Crippen LogP contribution in [0, 0.1) is 5.41 Å². The zero-order valence-electron chi connectivity index (χ0n) is 21.0. The first-order chi connectivity index (χ1) is 17.9. The number of nitrogens with one attached hydrogen (secondary N) is 4. The number of guanidine groups is 1. The van der Waals surface area contributed by atoms with Gasteiger partial charge in [-0.2, -0.15) is 0 Å². The lowest BCUT2D eigenvalue weighted by Gasteiger charge is -2.32. The SMILES string of the molecule is COC(=O)CC[C@](Cc1cccc(C(=N)N)c1)(NC(=O)O)C(=O)NCC(=O)N[C@H](C=O)CCCN=C(N)N. The molecule has 0 aliphatic carbocycles. The van der Waals surface area contributed by atoms with Crippen LogP contribution in [0.3, 0.4) is 0 Å². The lowest BCUT2D eigenvalue weighted by atomic mass is 9.84. The molecule has 0 radical (unpaired) electrons. The summed E-state index contributed by atoms with van der Waals surface area (Å²) in [5, 5.41) is 24.1. The number of carbonyl (C=O) groups is 5. The van der Waals surface area contributed by atoms with Crippen LogP contribution in [0.15, 0.2) is 29.3 Å². The van der Waals surface area contributed by atoms with Crippen LogP contribution in [0.25, 0.3) is 0 Å². The van der Waals surface area contributed by atoms with Crippen molar-refractivity contribution in [3.63, 3.8) is 0 Å². The average molecular weight is 535 g/mol. The molecule has 0 heterocycles. The van der Waals surface area contributed by atoms with E-state index in [1.54, 1.807) is 18.2 Å². The van der Waals surface area contributed by atoms with Gasteiger partial charge >= 0.3 is 12.1 Å². The van der Waals surface area contributed by atoms with Crippen molar-refractivity contribution in [3.8, 4) is 0 Å². The molecule has 0 aliphatic heterocycles. The number of aldehydes is 1. The summed E-state index contributed by atoms with van der Waals surface area (Å²) < 4.78 is 4.63. The van der Waals surface area contributed by atoms with Gasteiger partial charge in [0.1, 0.15) is 17.7 Å². The van der Waals surface area contributed by atoms with Gasteiger partial charge in [0.15, 0.2) is 5.96 Å². The second-order valence-corrected chi connectivity index (χ2v) is 8.32. The number of amidine groups is 1. The normalized spacial score (nSPS) is 12.7. The third kappa shape index (κ3) is 10.9. The highest BCUT2D eigenvalue weighted by Gasteiger charge is 2.41. The number of esters is 1. The van der Waals surface area contributed by atoms with E-state index in [9.17, 15) is 29.1 Å². The van der Waals surface area contributed by atoms with Gasteiger partial charge in [0.05, 0.1) is 19.7 Å². The van der Waals surface area contributed by atoms with Crippen molar-refractivity contribution in [1.82, 2.24) is 16.0 Å². The molecular formula is C23H34N8O7. The molecule has 1 aromatic carbocycles. The fourth-order valence-electron chi connectivity index (χ4n) is 3.55. The molecule has 0 bridgehead atoms. The maximum Gasteiger partial charge on any atom is 0.405 e. The number of benzene rings is 1. The van der Waals surface area contributed by atoms with Gasteiger partial charge in [0.2, 0.25) is 11.8 Å². The van der Waals surface area contributed by atoms with E-state index in [1.807, 2.05) is 0 Å². The number of nitrogens with zero attached hydrogens (tertiary/aromatic N) is 1. The van der Waals surface area contributed by atoms with E-state index in [-0.39, 0.29) is 44.0 Å². The summed E-state index contributed by atoms with van der Waals surface area (Å²) in [6, 6.07) is 5.40. The summed E-state index contributed by atoms with van der Waals surface area (Å²) >= 11 is 0. The monoisotopic (exact) mass is 534 g/mol. The van der Waals surface area contributed by atoms with Gasteiger partial charge in [-0.3, -0.25) is 24.8 Å². The molecule has 0 aromatic heterocycles. The molecule has 0 saturated heterocycles. The first-order valence-electron chi connectivity index (χ1n) is 11.5. The summed E-state index contributed by atoms with van der Waals surface area (Å²) in [7, 11) is 1.15. The van der Waals surface area contributed by atoms with Crippen LogP contribution in [0.5, 0.6) is 0 Å². The number of methoxy groups -OCH3 is 1. The van der Waals surface area contributed by atoms with Crippen molar-refractivity contribution in [1.29, 1.82) is 5.41 Å². The van der Waals surface area contributed by atoms with Gasteiger partial charge in [-0.05, 0) is 30.9 Å². The van der Waals surface area contributed by atoms with E-state index in [0.717, 1.165) is 7.11 Å². The minimum Gasteiger partial charge on any atom is -0.469 e. The quantitative estimate of drug-likeness (QED) is 0.0392. The molecule has 15 nitrogen and oxygen atoms in total. The number of hydrogen-bond acceptors (Lipinski definition) is 8. The molecule has 15 heteroatoms. The third-order valence-electron chi connectivity index (χ3n) is 5.40. The number of carboxylic acid groups (broad SMARTS) is 1. The lowest BCUT2D eigenvalue weighted by molar-refractivity contribution is -0.141. The van der Waals surface area contributed by atoms with Gasteiger partial charge in [0, 0.05) is 24.9 Å². The summed E-state index contributed by atoms with van der Waals surface area (Å²) in [6.07, 6.45) is -1.20. The summed E-state index contributed by atoms with van der Waals surface area (Å²) in [6.45, 7) is -0.320. The van der Waals surface area contributed by atoms with Crippen LogP contribution in [-0.2, 0) is 30.3 Å². The standard InChI is InChI=1S/C23H34N8O7/c1-38-18(34)7-8-23(31-22(36)37,11-14-4-2-5-15(10-14)19(24)25)20(35)29-12-17(33)30-16(13-32)6-3-9-28-21(26)27/h2,4-5,10,13,16,31H,3,6-9,11-12H2,1H3,(H3,24,25)(H,29,35)(H,30,33)(H,36,37)(H4,26,27,28)/t16-,23+/m0/s1. The van der Waals surface area contributed by atoms with Crippen LogP contribution >= 0.6 is 0 Å². The Bertz CT molecular complexity index is 1060. The predicted molar refractivity (Wildman–Crippen MR) is 137 cm³/mol. The van der Waals surface area contributed by atoms with Crippen LogP contribution in [0.2, 0.25) is 0 Å². The van der Waals surface area contributed by atoms with E-state index in [1.165, 1.54) is 6.07 Å². The highest BCUT2D eigenvalue weighted by molar-refractivity contribution is 5.96. The number of rotatable bonds is 16. The van der Waals surface area contributed by atoms with E-state index in [2.05, 4.69) is 25.7 Å². The molecule has 2 atom stereocenters. The summed E-state index contributed by atoms with van der Waals surface area (Å²) in [5.41, 5.74) is 14.9. The van der Waals surface area contributed by atoms with E-state index in [4.69, 9.17) is 22.6 Å². The molecule has 0 aliphatic rings. The Kier molecular flexibility index (Phi) is 12.7. The molecular weight excluding hydrogens is 500 g/mol. The number of nitrogens with two attached hydrogens (primary N) is 3. The molecule has 38 heavy (non-hydrogen) atoms. The minimum absolute atomic E-state index is 0.0990. The minimum atomic E-state index is -1.89. The van der Waals surface area contributed by atoms with Crippen molar-refractivity contribution in [3.05, 3.63) is 35.4 Å². The van der Waals surface area contributed by atoms with Gasteiger partial charge in [-0.1, -0.05) is 18.2 Å². The molecule has 1 rings (SSSR count). The second-order valence-electron chi connectivity index (χ2n) is 8.32. The molecule has 1 aromatic rings. The highest BCUT2D eigenvalue weighted by atomic mass is 16.5. The fourth-order valence-corrected chi connectivity index (χ4v) is 3.55. The first kappa shape index (κ1) is 31.3. The van der Waals surface area contributed by atoms with Gasteiger partial charge < -0.3 is 47.8 Å². The van der Waals surface area contributed by atoms with Gasteiger partial charge in [0.25, 0.3) is 0 Å². The van der Waals surface area contributed by atoms with Crippen molar-refractivity contribution in [2.75, 3.05) is 20.2 Å². The Morgan fingerprint density at radius 3 is 2.53 bits per heavy atom. The van der Waals surface area contributed by atoms with E-state index >= 15 is 0 Å².